The number of rotatable bonds is 3. The highest BCUT2D eigenvalue weighted by molar-refractivity contribution is 5.77. The van der Waals surface area contributed by atoms with Gasteiger partial charge in [-0.1, -0.05) is 13.0 Å². The first kappa shape index (κ1) is 12.0. The molecule has 0 heterocycles. The molecule has 1 amide bonds. The van der Waals surface area contributed by atoms with Crippen molar-refractivity contribution in [2.24, 2.45) is 0 Å². The molecule has 17 heavy (non-hydrogen) atoms. The lowest BCUT2D eigenvalue weighted by Gasteiger charge is -2.18. The van der Waals surface area contributed by atoms with Crippen LogP contribution in [0.2, 0.25) is 0 Å². The summed E-state index contributed by atoms with van der Waals surface area (Å²) in [7, 11) is 0. The first-order valence-electron chi connectivity index (χ1n) is 5.45. The molecule has 0 spiro atoms. The van der Waals surface area contributed by atoms with Crippen molar-refractivity contribution in [2.75, 3.05) is 0 Å². The summed E-state index contributed by atoms with van der Waals surface area (Å²) in [6.45, 7) is 1.67. The predicted molar refractivity (Wildman–Crippen MR) is 55.7 cm³/mol. The van der Waals surface area contributed by atoms with E-state index in [2.05, 4.69) is 5.32 Å². The molecule has 0 saturated heterocycles. The monoisotopic (exact) mass is 243 g/mol. The Balaban J connectivity index is 2.35. The predicted octanol–water partition coefficient (Wildman–Crippen LogP) is 2.62. The standard InChI is InChI=1S/C12H12F3NO/c1-2-9(17)16-12(5-6-12)7-3-4-8(13)11(15)10(7)14/h3-4H,2,5-6H2,1H3,(H,16,17). The van der Waals surface area contributed by atoms with Crippen LogP contribution in [-0.4, -0.2) is 5.91 Å². The Hall–Kier alpha value is -1.52. The Morgan fingerprint density at radius 2 is 1.94 bits per heavy atom. The molecule has 0 aromatic heterocycles. The van der Waals surface area contributed by atoms with Gasteiger partial charge in [0, 0.05) is 12.0 Å². The number of benzene rings is 1. The number of nitrogens with one attached hydrogen (secondary N) is 1. The van der Waals surface area contributed by atoms with E-state index in [4.69, 9.17) is 0 Å². The first-order valence-corrected chi connectivity index (χ1v) is 5.45. The van der Waals surface area contributed by atoms with Crippen LogP contribution < -0.4 is 5.32 Å². The summed E-state index contributed by atoms with van der Waals surface area (Å²) in [5.41, 5.74) is -0.815. The number of halogens is 3. The van der Waals surface area contributed by atoms with Gasteiger partial charge in [-0.25, -0.2) is 13.2 Å². The molecule has 5 heteroatoms. The van der Waals surface area contributed by atoms with Crippen LogP contribution in [0.4, 0.5) is 13.2 Å². The number of carbonyl (C=O) groups is 1. The average Bonchev–Trinajstić information content (AvgIpc) is 3.06. The van der Waals surface area contributed by atoms with Gasteiger partial charge in [0.2, 0.25) is 5.91 Å². The van der Waals surface area contributed by atoms with Crippen LogP contribution in [0.15, 0.2) is 12.1 Å². The van der Waals surface area contributed by atoms with Crippen molar-refractivity contribution in [3.63, 3.8) is 0 Å². The third-order valence-electron chi connectivity index (χ3n) is 3.00. The SMILES string of the molecule is CCC(=O)NC1(c2ccc(F)c(F)c2F)CC1. The van der Waals surface area contributed by atoms with E-state index in [9.17, 15) is 18.0 Å². The van der Waals surface area contributed by atoms with Crippen LogP contribution >= 0.6 is 0 Å². The highest BCUT2D eigenvalue weighted by atomic mass is 19.2. The number of carbonyl (C=O) groups excluding carboxylic acids is 1. The molecule has 1 aliphatic carbocycles. The molecule has 1 aromatic rings. The third-order valence-corrected chi connectivity index (χ3v) is 3.00. The molecule has 0 aliphatic heterocycles. The lowest BCUT2D eigenvalue weighted by molar-refractivity contribution is -0.121. The topological polar surface area (TPSA) is 29.1 Å². The van der Waals surface area contributed by atoms with Crippen molar-refractivity contribution in [1.82, 2.24) is 5.32 Å². The van der Waals surface area contributed by atoms with E-state index in [1.807, 2.05) is 0 Å². The Morgan fingerprint density at radius 1 is 1.29 bits per heavy atom. The second kappa shape index (κ2) is 4.05. The number of amides is 1. The molecule has 0 atom stereocenters. The van der Waals surface area contributed by atoms with Crippen LogP contribution in [0.1, 0.15) is 31.7 Å². The Morgan fingerprint density at radius 3 is 2.47 bits per heavy atom. The lowest BCUT2D eigenvalue weighted by atomic mass is 10.0. The molecule has 2 rings (SSSR count). The maximum absolute atomic E-state index is 13.6. The van der Waals surface area contributed by atoms with E-state index < -0.39 is 23.0 Å². The zero-order valence-corrected chi connectivity index (χ0v) is 9.32. The molecular formula is C12H12F3NO. The van der Waals surface area contributed by atoms with E-state index in [1.165, 1.54) is 6.07 Å². The van der Waals surface area contributed by atoms with E-state index in [0.717, 1.165) is 6.07 Å². The molecule has 0 bridgehead atoms. The molecule has 1 aromatic carbocycles. The molecule has 2 nitrogen and oxygen atoms in total. The fraction of sp³-hybridized carbons (Fsp3) is 0.417. The van der Waals surface area contributed by atoms with Gasteiger partial charge < -0.3 is 5.32 Å². The molecule has 1 fully saturated rings. The van der Waals surface area contributed by atoms with Crippen molar-refractivity contribution < 1.29 is 18.0 Å². The largest absolute Gasteiger partial charge is 0.346 e. The minimum atomic E-state index is -1.49. The van der Waals surface area contributed by atoms with Gasteiger partial charge in [-0.2, -0.15) is 0 Å². The van der Waals surface area contributed by atoms with Crippen LogP contribution in [0.3, 0.4) is 0 Å². The quantitative estimate of drug-likeness (QED) is 0.812. The van der Waals surface area contributed by atoms with Crippen LogP contribution in [0.5, 0.6) is 0 Å². The van der Waals surface area contributed by atoms with Crippen molar-refractivity contribution in [3.05, 3.63) is 35.1 Å². The van der Waals surface area contributed by atoms with Crippen molar-refractivity contribution in [3.8, 4) is 0 Å². The average molecular weight is 243 g/mol. The summed E-state index contributed by atoms with van der Waals surface area (Å²) in [6, 6.07) is 2.07. The van der Waals surface area contributed by atoms with E-state index >= 15 is 0 Å². The maximum Gasteiger partial charge on any atom is 0.220 e. The van der Waals surface area contributed by atoms with Gasteiger partial charge >= 0.3 is 0 Å². The number of hydrogen-bond donors (Lipinski definition) is 1. The molecule has 1 N–H and O–H groups in total. The highest BCUT2D eigenvalue weighted by Crippen LogP contribution is 2.46. The number of hydrogen-bond acceptors (Lipinski definition) is 1. The summed E-state index contributed by atoms with van der Waals surface area (Å²) in [6.07, 6.45) is 1.36. The molecule has 0 radical (unpaired) electrons. The fourth-order valence-corrected chi connectivity index (χ4v) is 1.84. The molecule has 92 valence electrons. The van der Waals surface area contributed by atoms with Crippen LogP contribution in [-0.2, 0) is 10.3 Å². The van der Waals surface area contributed by atoms with Gasteiger partial charge in [0.05, 0.1) is 5.54 Å². The van der Waals surface area contributed by atoms with Gasteiger partial charge in [-0.15, -0.1) is 0 Å². The molecule has 1 aliphatic rings. The van der Waals surface area contributed by atoms with Crippen molar-refractivity contribution >= 4 is 5.91 Å². The smallest absolute Gasteiger partial charge is 0.220 e. The van der Waals surface area contributed by atoms with Crippen molar-refractivity contribution in [2.45, 2.75) is 31.7 Å². The molecule has 0 unspecified atom stereocenters. The molecule has 1 saturated carbocycles. The van der Waals surface area contributed by atoms with E-state index in [-0.39, 0.29) is 17.9 Å². The Kier molecular flexibility index (Phi) is 2.85. The maximum atomic E-state index is 13.6. The zero-order valence-electron chi connectivity index (χ0n) is 9.32. The van der Waals surface area contributed by atoms with Gasteiger partial charge in [0.25, 0.3) is 0 Å². The van der Waals surface area contributed by atoms with Crippen LogP contribution in [0.25, 0.3) is 0 Å². The van der Waals surface area contributed by atoms with Gasteiger partial charge in [0.1, 0.15) is 0 Å². The second-order valence-corrected chi connectivity index (χ2v) is 4.21. The summed E-state index contributed by atoms with van der Waals surface area (Å²) in [5, 5.41) is 2.65. The summed E-state index contributed by atoms with van der Waals surface area (Å²) in [4.78, 5) is 11.3. The van der Waals surface area contributed by atoms with Crippen LogP contribution in [0, 0.1) is 17.5 Å². The minimum Gasteiger partial charge on any atom is -0.346 e. The van der Waals surface area contributed by atoms with Crippen molar-refractivity contribution in [1.29, 1.82) is 0 Å². The third kappa shape index (κ3) is 2.01. The highest BCUT2D eigenvalue weighted by Gasteiger charge is 2.47. The second-order valence-electron chi connectivity index (χ2n) is 4.21. The van der Waals surface area contributed by atoms with Gasteiger partial charge in [0.15, 0.2) is 17.5 Å². The summed E-state index contributed by atoms with van der Waals surface area (Å²) >= 11 is 0. The normalized spacial score (nSPS) is 16.7. The summed E-state index contributed by atoms with van der Waals surface area (Å²) in [5.74, 6) is -4.14. The zero-order chi connectivity index (χ0) is 12.6. The first-order chi connectivity index (χ1) is 8.00. The molecular weight excluding hydrogens is 231 g/mol. The minimum absolute atomic E-state index is 0.0261. The Labute approximate surface area is 96.8 Å². The van der Waals surface area contributed by atoms with E-state index in [0.29, 0.717) is 12.8 Å². The summed E-state index contributed by atoms with van der Waals surface area (Å²) < 4.78 is 39.5. The van der Waals surface area contributed by atoms with Gasteiger partial charge in [-0.3, -0.25) is 4.79 Å². The fourth-order valence-electron chi connectivity index (χ4n) is 1.84. The van der Waals surface area contributed by atoms with Gasteiger partial charge in [-0.05, 0) is 18.9 Å². The lowest BCUT2D eigenvalue weighted by Crippen LogP contribution is -2.35. The Bertz CT molecular complexity index is 469. The van der Waals surface area contributed by atoms with E-state index in [1.54, 1.807) is 6.92 Å².